The lowest BCUT2D eigenvalue weighted by Crippen LogP contribution is -2.46. The van der Waals surface area contributed by atoms with Crippen LogP contribution in [0.2, 0.25) is 0 Å². The number of urea groups is 1. The maximum atomic E-state index is 13.6. The Balaban J connectivity index is 1.78. The maximum Gasteiger partial charge on any atom is 0.325 e. The summed E-state index contributed by atoms with van der Waals surface area (Å²) in [4.78, 5) is 51.0. The summed E-state index contributed by atoms with van der Waals surface area (Å²) in [5.74, 6) is -4.45. The quantitative estimate of drug-likeness (QED) is 0.589. The largest absolute Gasteiger partial charge is 0.357 e. The fraction of sp³-hybridized carbons (Fsp3) is 0.273. The van der Waals surface area contributed by atoms with Crippen LogP contribution in [-0.4, -0.2) is 42.2 Å². The molecule has 0 radical (unpaired) electrons. The van der Waals surface area contributed by atoms with Crippen LogP contribution < -0.4 is 16.0 Å². The summed E-state index contributed by atoms with van der Waals surface area (Å²) < 4.78 is 26.9. The van der Waals surface area contributed by atoms with Crippen molar-refractivity contribution in [2.24, 2.45) is 0 Å². The van der Waals surface area contributed by atoms with Crippen molar-refractivity contribution in [2.45, 2.75) is 25.4 Å². The molecule has 0 bridgehead atoms. The summed E-state index contributed by atoms with van der Waals surface area (Å²) in [6.45, 7) is 2.75. The Bertz CT molecular complexity index is 1090. The monoisotopic (exact) mass is 444 g/mol. The minimum atomic E-state index is -1.36. The first-order valence-electron chi connectivity index (χ1n) is 9.74. The van der Waals surface area contributed by atoms with E-state index in [4.69, 9.17) is 0 Å². The van der Waals surface area contributed by atoms with Gasteiger partial charge in [-0.3, -0.25) is 19.3 Å². The highest BCUT2D eigenvalue weighted by atomic mass is 19.2. The number of carbonyl (C=O) groups excluding carboxylic acids is 4. The van der Waals surface area contributed by atoms with Crippen LogP contribution in [0.1, 0.15) is 29.7 Å². The topological polar surface area (TPSA) is 108 Å². The average Bonchev–Trinajstić information content (AvgIpc) is 2.97. The molecule has 1 heterocycles. The average molecular weight is 444 g/mol. The molecule has 0 aromatic heterocycles. The van der Waals surface area contributed by atoms with Gasteiger partial charge in [0, 0.05) is 7.05 Å². The van der Waals surface area contributed by atoms with E-state index in [0.717, 1.165) is 28.7 Å². The second kappa shape index (κ2) is 8.74. The fourth-order valence-electron chi connectivity index (χ4n) is 3.41. The number of imide groups is 1. The molecule has 168 valence electrons. The van der Waals surface area contributed by atoms with E-state index in [-0.39, 0.29) is 5.56 Å². The van der Waals surface area contributed by atoms with Gasteiger partial charge in [-0.05, 0) is 37.1 Å². The van der Waals surface area contributed by atoms with Gasteiger partial charge in [-0.15, -0.1) is 0 Å². The third-order valence-corrected chi connectivity index (χ3v) is 5.30. The first-order valence-corrected chi connectivity index (χ1v) is 9.74. The van der Waals surface area contributed by atoms with Gasteiger partial charge in [0.2, 0.25) is 11.8 Å². The Labute approximate surface area is 183 Å². The Morgan fingerprint density at radius 2 is 1.75 bits per heavy atom. The number of benzene rings is 2. The first kappa shape index (κ1) is 22.9. The Morgan fingerprint density at radius 1 is 1.09 bits per heavy atom. The van der Waals surface area contributed by atoms with Crippen LogP contribution in [0.4, 0.5) is 13.6 Å². The molecule has 3 rings (SSSR count). The normalized spacial score (nSPS) is 18.8. The molecule has 32 heavy (non-hydrogen) atoms. The van der Waals surface area contributed by atoms with Crippen molar-refractivity contribution in [3.63, 3.8) is 0 Å². The van der Waals surface area contributed by atoms with Gasteiger partial charge in [0.15, 0.2) is 11.6 Å². The van der Waals surface area contributed by atoms with Gasteiger partial charge in [-0.1, -0.05) is 35.9 Å². The van der Waals surface area contributed by atoms with Crippen LogP contribution in [0.15, 0.2) is 42.5 Å². The minimum Gasteiger partial charge on any atom is -0.357 e. The number of likely N-dealkylation sites (N-methyl/N-ethyl adjacent to an activating group) is 1. The number of aryl methyl sites for hydroxylation is 1. The van der Waals surface area contributed by atoms with Gasteiger partial charge >= 0.3 is 6.03 Å². The SMILES string of the molecule is CNC(=O)C(NC(=O)CN1C(=O)NC(C)(c2ccc(C)cc2)C1=O)c1ccc(F)c(F)c1. The van der Waals surface area contributed by atoms with Gasteiger partial charge in [-0.25, -0.2) is 13.6 Å². The zero-order valence-corrected chi connectivity index (χ0v) is 17.7. The van der Waals surface area contributed by atoms with E-state index in [1.807, 2.05) is 6.92 Å². The van der Waals surface area contributed by atoms with E-state index in [2.05, 4.69) is 16.0 Å². The lowest BCUT2D eigenvalue weighted by Gasteiger charge is -2.23. The molecule has 5 amide bonds. The van der Waals surface area contributed by atoms with Crippen molar-refractivity contribution >= 4 is 23.8 Å². The van der Waals surface area contributed by atoms with Gasteiger partial charge < -0.3 is 16.0 Å². The molecular formula is C22H22F2N4O4. The van der Waals surface area contributed by atoms with Crippen molar-refractivity contribution in [3.8, 4) is 0 Å². The Kier molecular flexibility index (Phi) is 6.24. The molecule has 1 fully saturated rings. The molecule has 8 nitrogen and oxygen atoms in total. The zero-order chi connectivity index (χ0) is 23.6. The molecule has 2 unspecified atom stereocenters. The Morgan fingerprint density at radius 3 is 2.34 bits per heavy atom. The highest BCUT2D eigenvalue weighted by Crippen LogP contribution is 2.29. The van der Waals surface area contributed by atoms with Crippen LogP contribution in [0, 0.1) is 18.6 Å². The van der Waals surface area contributed by atoms with Crippen molar-refractivity contribution in [2.75, 3.05) is 13.6 Å². The number of rotatable bonds is 6. The third kappa shape index (κ3) is 4.29. The van der Waals surface area contributed by atoms with Gasteiger partial charge in [-0.2, -0.15) is 0 Å². The van der Waals surface area contributed by atoms with E-state index < -0.39 is 53.5 Å². The summed E-state index contributed by atoms with van der Waals surface area (Å²) in [5, 5.41) is 7.27. The van der Waals surface area contributed by atoms with Gasteiger partial charge in [0.1, 0.15) is 18.1 Å². The maximum absolute atomic E-state index is 13.6. The van der Waals surface area contributed by atoms with E-state index in [1.54, 1.807) is 24.3 Å². The van der Waals surface area contributed by atoms with Crippen molar-refractivity contribution in [1.29, 1.82) is 0 Å². The highest BCUT2D eigenvalue weighted by Gasteiger charge is 2.49. The molecule has 2 atom stereocenters. The number of nitrogens with one attached hydrogen (secondary N) is 3. The van der Waals surface area contributed by atoms with Gasteiger partial charge in [0.05, 0.1) is 0 Å². The van der Waals surface area contributed by atoms with Gasteiger partial charge in [0.25, 0.3) is 5.91 Å². The number of nitrogens with zero attached hydrogens (tertiary/aromatic N) is 1. The van der Waals surface area contributed by atoms with Crippen molar-refractivity contribution in [3.05, 3.63) is 70.8 Å². The summed E-state index contributed by atoms with van der Waals surface area (Å²) in [7, 11) is 1.31. The molecule has 0 aliphatic carbocycles. The molecule has 0 spiro atoms. The predicted octanol–water partition coefficient (Wildman–Crippen LogP) is 1.64. The van der Waals surface area contributed by atoms with Crippen LogP contribution in [0.5, 0.6) is 0 Å². The Hall–Kier alpha value is -3.82. The summed E-state index contributed by atoms with van der Waals surface area (Å²) >= 11 is 0. The summed E-state index contributed by atoms with van der Waals surface area (Å²) in [6.07, 6.45) is 0. The predicted molar refractivity (Wildman–Crippen MR) is 110 cm³/mol. The molecule has 3 N–H and O–H groups in total. The molecular weight excluding hydrogens is 422 g/mol. The number of amides is 5. The van der Waals surface area contributed by atoms with E-state index in [1.165, 1.54) is 14.0 Å². The molecule has 2 aromatic rings. The molecule has 1 saturated heterocycles. The number of carbonyl (C=O) groups is 4. The van der Waals surface area contributed by atoms with Crippen LogP contribution in [0.25, 0.3) is 0 Å². The molecule has 1 aliphatic heterocycles. The van der Waals surface area contributed by atoms with E-state index in [9.17, 15) is 28.0 Å². The van der Waals surface area contributed by atoms with E-state index >= 15 is 0 Å². The standard InChI is InChI=1S/C22H22F2N4O4/c1-12-4-7-14(8-5-12)22(2)20(31)28(21(32)27-22)11-17(29)26-18(19(30)25-3)13-6-9-15(23)16(24)10-13/h4-10,18H,11H2,1-3H3,(H,25,30)(H,26,29)(H,27,32). The smallest absolute Gasteiger partial charge is 0.325 e. The van der Waals surface area contributed by atoms with E-state index in [0.29, 0.717) is 5.56 Å². The molecule has 0 saturated carbocycles. The molecule has 10 heteroatoms. The second-order valence-corrected chi connectivity index (χ2v) is 7.60. The fourth-order valence-corrected chi connectivity index (χ4v) is 3.41. The number of hydrogen-bond donors (Lipinski definition) is 3. The van der Waals surface area contributed by atoms with Crippen molar-refractivity contribution in [1.82, 2.24) is 20.9 Å². The number of hydrogen-bond acceptors (Lipinski definition) is 4. The summed E-state index contributed by atoms with van der Waals surface area (Å²) in [6, 6.07) is 7.67. The summed E-state index contributed by atoms with van der Waals surface area (Å²) in [5.41, 5.74) is 0.168. The number of halogens is 2. The minimum absolute atomic E-state index is 0.00158. The van der Waals surface area contributed by atoms with Crippen LogP contribution in [0.3, 0.4) is 0 Å². The molecule has 2 aromatic carbocycles. The highest BCUT2D eigenvalue weighted by molar-refractivity contribution is 6.09. The first-order chi connectivity index (χ1) is 15.1. The lowest BCUT2D eigenvalue weighted by molar-refractivity contribution is -0.135. The second-order valence-electron chi connectivity index (χ2n) is 7.60. The zero-order valence-electron chi connectivity index (χ0n) is 17.7. The van der Waals surface area contributed by atoms with Crippen LogP contribution in [-0.2, 0) is 19.9 Å². The lowest BCUT2D eigenvalue weighted by atomic mass is 9.91. The third-order valence-electron chi connectivity index (χ3n) is 5.30. The van der Waals surface area contributed by atoms with Crippen molar-refractivity contribution < 1.29 is 28.0 Å². The van der Waals surface area contributed by atoms with Crippen LogP contribution >= 0.6 is 0 Å². The molecule has 1 aliphatic rings.